The van der Waals surface area contributed by atoms with Gasteiger partial charge in [-0.1, -0.05) is 42.5 Å². The van der Waals surface area contributed by atoms with Crippen LogP contribution in [-0.4, -0.2) is 46.7 Å². The third kappa shape index (κ3) is 3.09. The molecule has 28 heavy (non-hydrogen) atoms. The molecule has 1 N–H and O–H groups in total. The highest BCUT2D eigenvalue weighted by Crippen LogP contribution is 2.51. The molecule has 3 heterocycles. The van der Waals surface area contributed by atoms with Gasteiger partial charge in [0.25, 0.3) is 0 Å². The van der Waals surface area contributed by atoms with Crippen molar-refractivity contribution in [2.24, 2.45) is 11.8 Å². The Labute approximate surface area is 163 Å². The molecule has 0 saturated carbocycles. The van der Waals surface area contributed by atoms with Crippen molar-refractivity contribution >= 4 is 17.9 Å². The van der Waals surface area contributed by atoms with Gasteiger partial charge in [0.2, 0.25) is 11.8 Å². The second-order valence-corrected chi connectivity index (χ2v) is 8.50. The fourth-order valence-corrected chi connectivity index (χ4v) is 4.21. The van der Waals surface area contributed by atoms with E-state index in [1.165, 1.54) is 4.90 Å². The quantitative estimate of drug-likeness (QED) is 0.634. The molecule has 148 valence electrons. The van der Waals surface area contributed by atoms with E-state index in [4.69, 9.17) is 9.47 Å². The number of alkyl carbamates (subject to hydrolysis) is 1. The summed E-state index contributed by atoms with van der Waals surface area (Å²) in [6.45, 7) is 5.65. The van der Waals surface area contributed by atoms with Crippen molar-refractivity contribution in [2.45, 2.75) is 44.6 Å². The molecule has 0 aromatic heterocycles. The molecular weight excluding hydrogens is 360 g/mol. The Morgan fingerprint density at radius 2 is 1.93 bits per heavy atom. The third-order valence-corrected chi connectivity index (χ3v) is 5.34. The monoisotopic (exact) mass is 384 g/mol. The van der Waals surface area contributed by atoms with Crippen molar-refractivity contribution < 1.29 is 23.9 Å². The molecule has 3 amide bonds. The predicted molar refractivity (Wildman–Crippen MR) is 100.0 cm³/mol. The molecule has 2 fully saturated rings. The molecule has 4 rings (SSSR count). The van der Waals surface area contributed by atoms with Crippen LogP contribution in [-0.2, 0) is 25.6 Å². The number of nitrogens with zero attached hydrogens (tertiary/aromatic N) is 1. The van der Waals surface area contributed by atoms with Gasteiger partial charge in [-0.2, -0.15) is 0 Å². The summed E-state index contributed by atoms with van der Waals surface area (Å²) in [5.74, 6) is -1.64. The molecule has 7 nitrogen and oxygen atoms in total. The van der Waals surface area contributed by atoms with Gasteiger partial charge in [0.15, 0.2) is 0 Å². The maximum absolute atomic E-state index is 13.1. The lowest BCUT2D eigenvalue weighted by molar-refractivity contribution is -0.144. The van der Waals surface area contributed by atoms with Crippen LogP contribution >= 0.6 is 0 Å². The number of carbonyl (C=O) groups excluding carboxylic acids is 3. The first-order valence-corrected chi connectivity index (χ1v) is 9.43. The van der Waals surface area contributed by atoms with E-state index in [2.05, 4.69) is 5.32 Å². The number of hydrogen-bond donors (Lipinski definition) is 1. The molecule has 0 unspecified atom stereocenters. The Morgan fingerprint density at radius 3 is 2.61 bits per heavy atom. The summed E-state index contributed by atoms with van der Waals surface area (Å²) in [5, 5.41) is 2.69. The van der Waals surface area contributed by atoms with E-state index in [1.54, 1.807) is 26.8 Å². The summed E-state index contributed by atoms with van der Waals surface area (Å²) in [4.78, 5) is 39.4. The van der Waals surface area contributed by atoms with Gasteiger partial charge in [-0.25, -0.2) is 4.79 Å². The molecule has 7 heteroatoms. The number of hydrogen-bond acceptors (Lipinski definition) is 5. The number of amides is 3. The highest BCUT2D eigenvalue weighted by atomic mass is 16.6. The number of likely N-dealkylation sites (tertiary alicyclic amines) is 1. The maximum atomic E-state index is 13.1. The van der Waals surface area contributed by atoms with Gasteiger partial charge in [0, 0.05) is 0 Å². The van der Waals surface area contributed by atoms with Crippen LogP contribution in [0.2, 0.25) is 0 Å². The zero-order chi connectivity index (χ0) is 20.1. The van der Waals surface area contributed by atoms with E-state index in [9.17, 15) is 14.4 Å². The second kappa shape index (κ2) is 6.44. The molecule has 2 saturated heterocycles. The zero-order valence-corrected chi connectivity index (χ0v) is 16.2. The minimum Gasteiger partial charge on any atom is -0.444 e. The van der Waals surface area contributed by atoms with Gasteiger partial charge in [-0.05, 0) is 26.3 Å². The molecule has 2 bridgehead atoms. The lowest BCUT2D eigenvalue weighted by atomic mass is 9.77. The fraction of sp³-hybridized carbons (Fsp3) is 0.476. The number of imide groups is 1. The molecule has 0 spiro atoms. The van der Waals surface area contributed by atoms with Crippen LogP contribution in [0.4, 0.5) is 4.79 Å². The average Bonchev–Trinajstić information content (AvgIpc) is 3.26. The van der Waals surface area contributed by atoms with E-state index in [1.807, 2.05) is 36.4 Å². The first-order chi connectivity index (χ1) is 13.2. The van der Waals surface area contributed by atoms with E-state index in [-0.39, 0.29) is 24.9 Å². The lowest BCUT2D eigenvalue weighted by Gasteiger charge is -2.29. The van der Waals surface area contributed by atoms with Crippen molar-refractivity contribution in [1.82, 2.24) is 10.2 Å². The van der Waals surface area contributed by atoms with Gasteiger partial charge in [0.05, 0.1) is 31.0 Å². The number of rotatable bonds is 4. The minimum absolute atomic E-state index is 0.0777. The standard InChI is InChI=1S/C21H24N2O5/c1-20(2,3)28-19(26)22-12-21-10-9-14(27-21)15-16(21)18(25)23(17(15)24)11-13-7-5-4-6-8-13/h4-10,14-16H,11-12H2,1-3H3,(H,22,26)/t14-,15+,16-,21+/m1/s1. The average molecular weight is 384 g/mol. The van der Waals surface area contributed by atoms with Gasteiger partial charge >= 0.3 is 6.09 Å². The molecule has 4 atom stereocenters. The van der Waals surface area contributed by atoms with Crippen molar-refractivity contribution in [3.05, 3.63) is 48.0 Å². The van der Waals surface area contributed by atoms with Crippen LogP contribution in [0.3, 0.4) is 0 Å². The normalized spacial score (nSPS) is 30.7. The van der Waals surface area contributed by atoms with E-state index >= 15 is 0 Å². The molecule has 1 aromatic rings. The summed E-state index contributed by atoms with van der Waals surface area (Å²) >= 11 is 0. The first kappa shape index (κ1) is 18.7. The van der Waals surface area contributed by atoms with Crippen LogP contribution < -0.4 is 5.32 Å². The largest absolute Gasteiger partial charge is 0.444 e. The van der Waals surface area contributed by atoms with Crippen LogP contribution in [0.25, 0.3) is 0 Å². The van der Waals surface area contributed by atoms with Crippen LogP contribution in [0.1, 0.15) is 26.3 Å². The Morgan fingerprint density at radius 1 is 1.21 bits per heavy atom. The molecule has 0 radical (unpaired) electrons. The van der Waals surface area contributed by atoms with Gasteiger partial charge in [0.1, 0.15) is 11.2 Å². The minimum atomic E-state index is -1.01. The summed E-state index contributed by atoms with van der Waals surface area (Å²) in [7, 11) is 0. The molecule has 3 aliphatic heterocycles. The van der Waals surface area contributed by atoms with E-state index in [0.29, 0.717) is 0 Å². The highest BCUT2D eigenvalue weighted by Gasteiger charge is 2.67. The zero-order valence-electron chi connectivity index (χ0n) is 16.2. The van der Waals surface area contributed by atoms with Crippen LogP contribution in [0.5, 0.6) is 0 Å². The van der Waals surface area contributed by atoms with Gasteiger partial charge < -0.3 is 14.8 Å². The number of carbonyl (C=O) groups is 3. The summed E-state index contributed by atoms with van der Waals surface area (Å²) in [6, 6.07) is 9.42. The van der Waals surface area contributed by atoms with Crippen molar-refractivity contribution in [3.8, 4) is 0 Å². The summed E-state index contributed by atoms with van der Waals surface area (Å²) in [6.07, 6.45) is 2.59. The van der Waals surface area contributed by atoms with Crippen molar-refractivity contribution in [1.29, 1.82) is 0 Å². The van der Waals surface area contributed by atoms with E-state index < -0.39 is 35.2 Å². The SMILES string of the molecule is CC(C)(C)OC(=O)NC[C@]12C=C[C@@H](O1)[C@@H]1C(=O)N(Cc3ccccc3)C(=O)[C@@H]12. The first-order valence-electron chi connectivity index (χ1n) is 9.43. The summed E-state index contributed by atoms with van der Waals surface area (Å²) < 4.78 is 11.3. The molecule has 1 aromatic carbocycles. The Kier molecular flexibility index (Phi) is 4.30. The van der Waals surface area contributed by atoms with Crippen LogP contribution in [0.15, 0.2) is 42.5 Å². The smallest absolute Gasteiger partial charge is 0.407 e. The highest BCUT2D eigenvalue weighted by molar-refractivity contribution is 6.07. The number of fused-ring (bicyclic) bond motifs is 5. The third-order valence-electron chi connectivity index (χ3n) is 5.34. The Bertz CT molecular complexity index is 844. The second-order valence-electron chi connectivity index (χ2n) is 8.50. The van der Waals surface area contributed by atoms with Gasteiger partial charge in [-0.15, -0.1) is 0 Å². The number of benzene rings is 1. The Balaban J connectivity index is 1.51. The molecule has 3 aliphatic rings. The molecular formula is C21H24N2O5. The fourth-order valence-electron chi connectivity index (χ4n) is 4.21. The summed E-state index contributed by atoms with van der Waals surface area (Å²) in [5.41, 5.74) is -0.739. The number of ether oxygens (including phenoxy) is 2. The molecule has 0 aliphatic carbocycles. The lowest BCUT2D eigenvalue weighted by Crippen LogP contribution is -2.49. The maximum Gasteiger partial charge on any atom is 0.407 e. The van der Waals surface area contributed by atoms with Crippen molar-refractivity contribution in [2.75, 3.05) is 6.54 Å². The Hall–Kier alpha value is -2.67. The van der Waals surface area contributed by atoms with E-state index in [0.717, 1.165) is 5.56 Å². The topological polar surface area (TPSA) is 84.9 Å². The number of nitrogens with one attached hydrogen (secondary N) is 1. The predicted octanol–water partition coefficient (Wildman–Crippen LogP) is 2.02. The van der Waals surface area contributed by atoms with Crippen molar-refractivity contribution in [3.63, 3.8) is 0 Å². The van der Waals surface area contributed by atoms with Crippen LogP contribution in [0, 0.1) is 11.8 Å². The van der Waals surface area contributed by atoms with Gasteiger partial charge in [-0.3, -0.25) is 14.5 Å².